The van der Waals surface area contributed by atoms with Crippen molar-refractivity contribution in [1.29, 1.82) is 0 Å². The fourth-order valence-corrected chi connectivity index (χ4v) is 2.47. The van der Waals surface area contributed by atoms with Crippen LogP contribution in [0.3, 0.4) is 0 Å². The Bertz CT molecular complexity index is 360. The molecule has 0 aliphatic rings. The van der Waals surface area contributed by atoms with Gasteiger partial charge in [0.25, 0.3) is 0 Å². The van der Waals surface area contributed by atoms with E-state index in [0.29, 0.717) is 17.8 Å². The van der Waals surface area contributed by atoms with Crippen LogP contribution in [0.1, 0.15) is 119 Å². The number of aliphatic carboxylic acids is 3. The summed E-state index contributed by atoms with van der Waals surface area (Å²) in [4.78, 5) is 29.8. The molecular weight excluding hydrogens is 506 g/mol. The van der Waals surface area contributed by atoms with Gasteiger partial charge in [0.15, 0.2) is 0 Å². The minimum absolute atomic E-state index is 0. The zero-order valence-electron chi connectivity index (χ0n) is 20.6. The van der Waals surface area contributed by atoms with E-state index in [9.17, 15) is 29.7 Å². The normalized spacial score (nSPS) is 9.97. The summed E-state index contributed by atoms with van der Waals surface area (Å²) in [5.41, 5.74) is 0. The topological polar surface area (TPSA) is 120 Å². The number of carbonyl (C=O) groups is 3. The van der Waals surface area contributed by atoms with E-state index in [-0.39, 0.29) is 43.7 Å². The number of rotatable bonds is 15. The van der Waals surface area contributed by atoms with E-state index >= 15 is 0 Å². The van der Waals surface area contributed by atoms with Gasteiger partial charge in [0.05, 0.1) is 0 Å². The second kappa shape index (κ2) is 27.3. The van der Waals surface area contributed by atoms with Crippen molar-refractivity contribution in [1.82, 2.24) is 0 Å². The smallest absolute Gasteiger partial charge is 0.550 e. The van der Waals surface area contributed by atoms with Crippen molar-refractivity contribution in [2.75, 3.05) is 0 Å². The van der Waals surface area contributed by atoms with Crippen LogP contribution in [0.25, 0.3) is 0 Å². The number of carboxylic acid groups (broad SMARTS) is 3. The number of hydrogen-bond donors (Lipinski definition) is 0. The fourth-order valence-electron chi connectivity index (χ4n) is 2.47. The van der Waals surface area contributed by atoms with E-state index in [1.165, 1.54) is 0 Å². The van der Waals surface area contributed by atoms with Crippen molar-refractivity contribution in [3.8, 4) is 0 Å². The molecule has 0 heterocycles. The molecule has 0 saturated carbocycles. The number of hydrogen-bond acceptors (Lipinski definition) is 6. The second-order valence-corrected chi connectivity index (χ2v) is 9.03. The number of carboxylic acids is 3. The van der Waals surface area contributed by atoms with Crippen molar-refractivity contribution in [3.63, 3.8) is 0 Å². The fraction of sp³-hybridized carbons (Fsp3) is 0.875. The summed E-state index contributed by atoms with van der Waals surface area (Å²) in [5.74, 6) is -0.735. The Morgan fingerprint density at radius 1 is 0.484 bits per heavy atom. The van der Waals surface area contributed by atoms with Crippen LogP contribution >= 0.6 is 0 Å². The predicted molar refractivity (Wildman–Crippen MR) is 121 cm³/mol. The molecule has 0 amide bonds. The molecule has 0 aliphatic carbocycles. The van der Waals surface area contributed by atoms with E-state index in [1.54, 1.807) is 0 Å². The van der Waals surface area contributed by atoms with Crippen LogP contribution in [0, 0.1) is 17.8 Å². The van der Waals surface area contributed by atoms with Crippen LogP contribution in [0.5, 0.6) is 0 Å². The maximum absolute atomic E-state index is 9.93. The maximum atomic E-state index is 9.93. The SMILES string of the molecule is CC(C)CCCCC(=O)[O-].CC(C)CCCCC(=O)[O-].CC(C)CCCCC(=O)[O-].[Sb+3]. The third-order valence-corrected chi connectivity index (χ3v) is 4.24. The van der Waals surface area contributed by atoms with Gasteiger partial charge >= 0.3 is 24.4 Å². The minimum atomic E-state index is -0.927. The van der Waals surface area contributed by atoms with E-state index in [4.69, 9.17) is 0 Å². The van der Waals surface area contributed by atoms with Crippen LogP contribution in [0.4, 0.5) is 0 Å². The second-order valence-electron chi connectivity index (χ2n) is 9.03. The quantitative estimate of drug-likeness (QED) is 0.228. The number of carbonyl (C=O) groups excluding carboxylic acids is 3. The largest absolute Gasteiger partial charge is 3.00 e. The monoisotopic (exact) mass is 550 g/mol. The van der Waals surface area contributed by atoms with Crippen molar-refractivity contribution in [2.24, 2.45) is 17.8 Å². The first kappa shape index (κ1) is 37.5. The number of unbranched alkanes of at least 4 members (excludes halogenated alkanes) is 3. The Morgan fingerprint density at radius 3 is 0.806 bits per heavy atom. The van der Waals surface area contributed by atoms with E-state index < -0.39 is 17.9 Å². The molecule has 6 nitrogen and oxygen atoms in total. The summed E-state index contributed by atoms with van der Waals surface area (Å²) in [6.07, 6.45) is 9.31. The van der Waals surface area contributed by atoms with Crippen LogP contribution in [-0.2, 0) is 14.4 Å². The Hall–Kier alpha value is -0.772. The summed E-state index contributed by atoms with van der Waals surface area (Å²) < 4.78 is 0. The zero-order valence-corrected chi connectivity index (χ0v) is 23.2. The van der Waals surface area contributed by atoms with Gasteiger partial charge in [-0.25, -0.2) is 0 Å². The maximum Gasteiger partial charge on any atom is 3.00 e. The summed E-state index contributed by atoms with van der Waals surface area (Å²) in [6.45, 7) is 12.8. The van der Waals surface area contributed by atoms with Crippen LogP contribution in [0.2, 0.25) is 0 Å². The van der Waals surface area contributed by atoms with Gasteiger partial charge in [-0.2, -0.15) is 0 Å². The molecule has 0 aromatic rings. The first-order chi connectivity index (χ1) is 13.9. The van der Waals surface area contributed by atoms with Crippen LogP contribution in [0.15, 0.2) is 0 Å². The van der Waals surface area contributed by atoms with Gasteiger partial charge in [0, 0.05) is 17.9 Å². The molecule has 0 atom stereocenters. The Labute approximate surface area is 208 Å². The predicted octanol–water partition coefficient (Wildman–Crippen LogP) is 2.48. The average molecular weight is 551 g/mol. The molecule has 2 radical (unpaired) electrons. The molecule has 0 N–H and O–H groups in total. The molecule has 0 aliphatic heterocycles. The molecule has 31 heavy (non-hydrogen) atoms. The Balaban J connectivity index is -0.000000174. The van der Waals surface area contributed by atoms with Gasteiger partial charge in [-0.05, 0) is 56.3 Å². The third kappa shape index (κ3) is 53.0. The molecule has 0 aromatic heterocycles. The van der Waals surface area contributed by atoms with Gasteiger partial charge in [0.2, 0.25) is 0 Å². The summed E-state index contributed by atoms with van der Waals surface area (Å²) in [6, 6.07) is 0. The van der Waals surface area contributed by atoms with Gasteiger partial charge in [-0.15, -0.1) is 0 Å². The summed E-state index contributed by atoms with van der Waals surface area (Å²) in [7, 11) is 0. The third-order valence-electron chi connectivity index (χ3n) is 4.24. The van der Waals surface area contributed by atoms with Crippen LogP contribution in [-0.4, -0.2) is 42.3 Å². The molecule has 182 valence electrons. The zero-order chi connectivity index (χ0) is 23.9. The van der Waals surface area contributed by atoms with Gasteiger partial charge in [-0.3, -0.25) is 0 Å². The van der Waals surface area contributed by atoms with E-state index in [2.05, 4.69) is 41.5 Å². The molecule has 0 spiro atoms. The average Bonchev–Trinajstić information content (AvgIpc) is 2.60. The molecule has 0 fully saturated rings. The first-order valence-corrected chi connectivity index (χ1v) is 11.5. The molecular formula is C24H45O6Sb. The van der Waals surface area contributed by atoms with Crippen molar-refractivity contribution >= 4 is 42.3 Å². The Kier molecular flexibility index (Phi) is 33.0. The van der Waals surface area contributed by atoms with Gasteiger partial charge in [0.1, 0.15) is 0 Å². The van der Waals surface area contributed by atoms with E-state index in [0.717, 1.165) is 57.8 Å². The van der Waals surface area contributed by atoms with Crippen molar-refractivity contribution < 1.29 is 29.7 Å². The van der Waals surface area contributed by atoms with Crippen molar-refractivity contribution in [2.45, 2.75) is 119 Å². The van der Waals surface area contributed by atoms with E-state index in [1.807, 2.05) is 0 Å². The molecule has 0 bridgehead atoms. The molecule has 0 rings (SSSR count). The molecule has 0 unspecified atom stereocenters. The molecule has 7 heteroatoms. The first-order valence-electron chi connectivity index (χ1n) is 11.5. The standard InChI is InChI=1S/3C8H16O2.Sb/c3*1-7(2)5-3-4-6-8(9)10;/h3*7H,3-6H2,1-2H3,(H,9,10);/q;;;+3/p-3. The van der Waals surface area contributed by atoms with Gasteiger partial charge in [-0.1, -0.05) is 80.1 Å². The van der Waals surface area contributed by atoms with Gasteiger partial charge < -0.3 is 29.7 Å². The minimum Gasteiger partial charge on any atom is -0.550 e. The molecule has 0 aromatic carbocycles. The molecule has 0 saturated heterocycles. The summed E-state index contributed by atoms with van der Waals surface area (Å²) >= 11 is 0. The summed E-state index contributed by atoms with van der Waals surface area (Å²) in [5, 5.41) is 29.8. The Morgan fingerprint density at radius 2 is 0.677 bits per heavy atom. The van der Waals surface area contributed by atoms with Crippen LogP contribution < -0.4 is 15.3 Å². The van der Waals surface area contributed by atoms with Crippen molar-refractivity contribution in [3.05, 3.63) is 0 Å².